The quantitative estimate of drug-likeness (QED) is 0.864. The van der Waals surface area contributed by atoms with E-state index in [2.05, 4.69) is 15.9 Å². The average molecular weight is 386 g/mol. The molecule has 5 nitrogen and oxygen atoms in total. The highest BCUT2D eigenvalue weighted by atomic mass is 79.9. The predicted octanol–water partition coefficient (Wildman–Crippen LogP) is 2.68. The SMILES string of the molecule is O=C(O)C1CC12CCN(C(=O)COc1ccc(F)cc1Br)CC2. The highest BCUT2D eigenvalue weighted by molar-refractivity contribution is 9.10. The molecule has 0 aromatic heterocycles. The number of piperidine rings is 1. The Hall–Kier alpha value is -1.63. The fourth-order valence-corrected chi connectivity index (χ4v) is 3.74. The van der Waals surface area contributed by atoms with Gasteiger partial charge in [0.05, 0.1) is 10.4 Å². The van der Waals surface area contributed by atoms with E-state index in [9.17, 15) is 14.0 Å². The van der Waals surface area contributed by atoms with E-state index in [4.69, 9.17) is 9.84 Å². The first-order valence-corrected chi connectivity index (χ1v) is 8.29. The zero-order valence-electron chi connectivity index (χ0n) is 12.4. The van der Waals surface area contributed by atoms with Crippen molar-refractivity contribution in [2.75, 3.05) is 19.7 Å². The van der Waals surface area contributed by atoms with Gasteiger partial charge in [0.25, 0.3) is 5.91 Å². The molecule has 1 heterocycles. The maximum atomic E-state index is 13.0. The van der Waals surface area contributed by atoms with Crippen molar-refractivity contribution >= 4 is 27.8 Å². The Bertz CT molecular complexity index is 643. The first-order valence-electron chi connectivity index (χ1n) is 7.50. The van der Waals surface area contributed by atoms with Gasteiger partial charge < -0.3 is 14.7 Å². The number of hydrogen-bond donors (Lipinski definition) is 1. The Labute approximate surface area is 141 Å². The summed E-state index contributed by atoms with van der Waals surface area (Å²) < 4.78 is 18.9. The summed E-state index contributed by atoms with van der Waals surface area (Å²) in [6.45, 7) is 1.02. The third kappa shape index (κ3) is 3.34. The molecule has 1 aliphatic heterocycles. The number of carbonyl (C=O) groups excluding carboxylic acids is 1. The fraction of sp³-hybridized carbons (Fsp3) is 0.500. The first-order chi connectivity index (χ1) is 10.9. The van der Waals surface area contributed by atoms with E-state index in [0.717, 1.165) is 19.3 Å². The van der Waals surface area contributed by atoms with Crippen LogP contribution in [0.3, 0.4) is 0 Å². The number of ether oxygens (including phenoxy) is 1. The third-order valence-electron chi connectivity index (χ3n) is 4.84. The lowest BCUT2D eigenvalue weighted by Crippen LogP contribution is -2.42. The normalized spacial score (nSPS) is 22.0. The number of hydrogen-bond acceptors (Lipinski definition) is 3. The number of carboxylic acid groups (broad SMARTS) is 1. The van der Waals surface area contributed by atoms with Crippen molar-refractivity contribution in [3.63, 3.8) is 0 Å². The fourth-order valence-electron chi connectivity index (χ4n) is 3.27. The highest BCUT2D eigenvalue weighted by Gasteiger charge is 2.59. The van der Waals surface area contributed by atoms with Gasteiger partial charge in [0.1, 0.15) is 11.6 Å². The molecule has 23 heavy (non-hydrogen) atoms. The van der Waals surface area contributed by atoms with Crippen molar-refractivity contribution in [3.05, 3.63) is 28.5 Å². The number of rotatable bonds is 4. The summed E-state index contributed by atoms with van der Waals surface area (Å²) in [6.07, 6.45) is 2.19. The lowest BCUT2D eigenvalue weighted by atomic mass is 9.91. The maximum Gasteiger partial charge on any atom is 0.307 e. The van der Waals surface area contributed by atoms with Crippen LogP contribution in [0.5, 0.6) is 5.75 Å². The first kappa shape index (κ1) is 16.2. The molecule has 1 spiro atoms. The number of carbonyl (C=O) groups is 2. The van der Waals surface area contributed by atoms with Crippen LogP contribution in [0.1, 0.15) is 19.3 Å². The Kier molecular flexibility index (Phi) is 4.31. The molecule has 1 N–H and O–H groups in total. The van der Waals surface area contributed by atoms with E-state index < -0.39 is 5.97 Å². The average Bonchev–Trinajstić information content (AvgIpc) is 3.21. The van der Waals surface area contributed by atoms with Crippen LogP contribution in [0, 0.1) is 17.2 Å². The van der Waals surface area contributed by atoms with E-state index >= 15 is 0 Å². The maximum absolute atomic E-state index is 13.0. The summed E-state index contributed by atoms with van der Waals surface area (Å²) in [5, 5.41) is 9.07. The minimum absolute atomic E-state index is 0.0938. The van der Waals surface area contributed by atoms with Crippen LogP contribution in [0.2, 0.25) is 0 Å². The molecular weight excluding hydrogens is 369 g/mol. The van der Waals surface area contributed by atoms with Crippen molar-refractivity contribution < 1.29 is 23.8 Å². The number of carboxylic acids is 1. The van der Waals surface area contributed by atoms with Gasteiger partial charge in [-0.25, -0.2) is 4.39 Å². The Balaban J connectivity index is 1.49. The molecule has 1 saturated heterocycles. The molecule has 3 rings (SSSR count). The van der Waals surface area contributed by atoms with Gasteiger partial charge in [-0.1, -0.05) is 0 Å². The van der Waals surface area contributed by atoms with Gasteiger partial charge in [-0.15, -0.1) is 0 Å². The monoisotopic (exact) mass is 385 g/mol. The lowest BCUT2D eigenvalue weighted by molar-refractivity contribution is -0.140. The Morgan fingerprint density at radius 1 is 1.39 bits per heavy atom. The van der Waals surface area contributed by atoms with Gasteiger partial charge in [-0.05, 0) is 58.8 Å². The van der Waals surface area contributed by atoms with Crippen LogP contribution in [0.25, 0.3) is 0 Å². The minimum Gasteiger partial charge on any atom is -0.483 e. The van der Waals surface area contributed by atoms with E-state index in [1.54, 1.807) is 4.90 Å². The molecule has 1 amide bonds. The summed E-state index contributed by atoms with van der Waals surface area (Å²) in [5.41, 5.74) is -0.0938. The van der Waals surface area contributed by atoms with Gasteiger partial charge >= 0.3 is 5.97 Å². The molecule has 1 aromatic carbocycles. The smallest absolute Gasteiger partial charge is 0.307 e. The molecule has 124 valence electrons. The van der Waals surface area contributed by atoms with E-state index in [0.29, 0.717) is 23.3 Å². The van der Waals surface area contributed by atoms with E-state index in [-0.39, 0.29) is 29.7 Å². The van der Waals surface area contributed by atoms with Gasteiger partial charge in [0.15, 0.2) is 6.61 Å². The summed E-state index contributed by atoms with van der Waals surface area (Å²) in [7, 11) is 0. The second-order valence-corrected chi connectivity index (χ2v) is 7.06. The molecule has 1 unspecified atom stereocenters. The van der Waals surface area contributed by atoms with Crippen molar-refractivity contribution in [1.82, 2.24) is 4.90 Å². The second kappa shape index (κ2) is 6.11. The topological polar surface area (TPSA) is 66.8 Å². The van der Waals surface area contributed by atoms with Crippen molar-refractivity contribution in [2.45, 2.75) is 19.3 Å². The molecule has 2 aliphatic rings. The predicted molar refractivity (Wildman–Crippen MR) is 83.6 cm³/mol. The number of aliphatic carboxylic acids is 1. The van der Waals surface area contributed by atoms with E-state index in [1.807, 2.05) is 0 Å². The molecule has 1 saturated carbocycles. The van der Waals surface area contributed by atoms with Crippen LogP contribution in [0.15, 0.2) is 22.7 Å². The summed E-state index contributed by atoms with van der Waals surface area (Å²) in [6, 6.07) is 4.03. The van der Waals surface area contributed by atoms with Crippen molar-refractivity contribution in [2.24, 2.45) is 11.3 Å². The highest BCUT2D eigenvalue weighted by Crippen LogP contribution is 2.59. The largest absolute Gasteiger partial charge is 0.483 e. The molecule has 2 fully saturated rings. The molecule has 1 atom stereocenters. The number of halogens is 2. The Morgan fingerprint density at radius 2 is 2.09 bits per heavy atom. The number of nitrogens with zero attached hydrogens (tertiary/aromatic N) is 1. The van der Waals surface area contributed by atoms with Gasteiger partial charge in [0, 0.05) is 13.1 Å². The van der Waals surface area contributed by atoms with Gasteiger partial charge in [0.2, 0.25) is 0 Å². The number of amides is 1. The molecule has 1 aromatic rings. The number of likely N-dealkylation sites (tertiary alicyclic amines) is 1. The minimum atomic E-state index is -0.728. The lowest BCUT2D eigenvalue weighted by Gasteiger charge is -2.32. The number of benzene rings is 1. The van der Waals surface area contributed by atoms with Crippen LogP contribution in [-0.2, 0) is 9.59 Å². The van der Waals surface area contributed by atoms with Crippen LogP contribution in [0.4, 0.5) is 4.39 Å². The van der Waals surface area contributed by atoms with Crippen LogP contribution >= 0.6 is 15.9 Å². The molecule has 7 heteroatoms. The summed E-state index contributed by atoms with van der Waals surface area (Å²) in [5.74, 6) is -1.07. The van der Waals surface area contributed by atoms with Crippen molar-refractivity contribution in [3.8, 4) is 5.75 Å². The summed E-state index contributed by atoms with van der Waals surface area (Å²) >= 11 is 3.19. The van der Waals surface area contributed by atoms with E-state index in [1.165, 1.54) is 18.2 Å². The van der Waals surface area contributed by atoms with Gasteiger partial charge in [-0.3, -0.25) is 9.59 Å². The molecule has 1 aliphatic carbocycles. The molecule has 0 radical (unpaired) electrons. The standard InChI is InChI=1S/C16H17BrFNO4/c17-12-7-10(18)1-2-13(12)23-9-14(20)19-5-3-16(4-6-19)8-11(16)15(21)22/h1-2,7,11H,3-6,8-9H2,(H,21,22). The van der Waals surface area contributed by atoms with Crippen molar-refractivity contribution in [1.29, 1.82) is 0 Å². The molecular formula is C16H17BrFNO4. The zero-order chi connectivity index (χ0) is 16.6. The molecule has 0 bridgehead atoms. The van der Waals surface area contributed by atoms with Crippen LogP contribution < -0.4 is 4.74 Å². The Morgan fingerprint density at radius 3 is 2.65 bits per heavy atom. The third-order valence-corrected chi connectivity index (χ3v) is 5.46. The van der Waals surface area contributed by atoms with Gasteiger partial charge in [-0.2, -0.15) is 0 Å². The van der Waals surface area contributed by atoms with Crippen LogP contribution in [-0.4, -0.2) is 41.6 Å². The zero-order valence-corrected chi connectivity index (χ0v) is 14.0. The summed E-state index contributed by atoms with van der Waals surface area (Å²) in [4.78, 5) is 24.9. The second-order valence-electron chi connectivity index (χ2n) is 6.20.